The van der Waals surface area contributed by atoms with Crippen LogP contribution in [-0.4, -0.2) is 16.7 Å². The number of hydrogen-bond acceptors (Lipinski definition) is 1. The summed E-state index contributed by atoms with van der Waals surface area (Å²) >= 11 is 14.7. The molecule has 0 aromatic rings. The van der Waals surface area contributed by atoms with E-state index in [2.05, 4.69) is 17.9 Å². The first-order valence-corrected chi connectivity index (χ1v) is 18.7. The summed E-state index contributed by atoms with van der Waals surface area (Å²) in [5.74, 6) is 0.843. The van der Waals surface area contributed by atoms with Gasteiger partial charge < -0.3 is 5.32 Å². The van der Waals surface area contributed by atoms with E-state index in [0.29, 0.717) is 4.32 Å². The lowest BCUT2D eigenvalue weighted by Gasteiger charge is -2.05. The average molecular weight is 591 g/mol. The van der Waals surface area contributed by atoms with E-state index in [-0.39, 0.29) is 0 Å². The molecule has 38 heavy (non-hydrogen) atoms. The van der Waals surface area contributed by atoms with Crippen LogP contribution in [0.25, 0.3) is 0 Å². The highest BCUT2D eigenvalue weighted by molar-refractivity contribution is 8.11. The maximum atomic E-state index is 5.72. The minimum atomic E-state index is 0.629. The van der Waals surface area contributed by atoms with Crippen molar-refractivity contribution in [3.63, 3.8) is 0 Å². The first kappa shape index (κ1) is 38.5. The van der Waals surface area contributed by atoms with Gasteiger partial charge in [0, 0.05) is 12.4 Å². The molecule has 0 aliphatic rings. The van der Waals surface area contributed by atoms with Gasteiger partial charge in [0.15, 0.2) is 0 Å². The number of nitrogens with one attached hydrogen (secondary N) is 1. The highest BCUT2D eigenvalue weighted by Crippen LogP contribution is 2.16. The molecule has 0 unspecified atom stereocenters. The van der Waals surface area contributed by atoms with Crippen molar-refractivity contribution >= 4 is 40.8 Å². The van der Waals surface area contributed by atoms with E-state index < -0.39 is 0 Å². The molecule has 0 aliphatic carbocycles. The number of halogens is 1. The lowest BCUT2D eigenvalue weighted by molar-refractivity contribution is 0.512. The second-order valence-electron chi connectivity index (χ2n) is 11.9. The van der Waals surface area contributed by atoms with E-state index >= 15 is 0 Å². The molecule has 0 bridgehead atoms. The third kappa shape index (κ3) is 36.5. The van der Waals surface area contributed by atoms with Crippen LogP contribution in [0.1, 0.15) is 199 Å². The summed E-state index contributed by atoms with van der Waals surface area (Å²) in [5.41, 5.74) is 0. The van der Waals surface area contributed by atoms with Crippen LogP contribution in [0, 0.1) is 0 Å². The Hall–Kier alpha value is 0.530. The Bertz CT molecular complexity index is 446. The minimum absolute atomic E-state index is 0.629. The molecular weight excluding hydrogens is 522 g/mol. The summed E-state index contributed by atoms with van der Waals surface area (Å²) in [6.07, 6.45) is 44.4. The highest BCUT2D eigenvalue weighted by atomic mass is 35.5. The van der Waals surface area contributed by atoms with Crippen molar-refractivity contribution < 1.29 is 0 Å². The number of thiol groups is 1. The Balaban J connectivity index is 3.02. The number of alkyl halides is 1. The third-order valence-electron chi connectivity index (χ3n) is 8.09. The standard InChI is InChI=1S/C34H68ClNS2/c35-32-30-28-26-24-22-20-18-16-14-12-10-8-6-4-2-1-3-5-7-9-11-13-15-17-19-21-23-25-27-29-31-33-36-34(37)38/h1-33H2,(H2,36,37,38). The number of thiocarbonyl (C=S) groups is 1. The smallest absolute Gasteiger partial charge is 0.130 e. The monoisotopic (exact) mass is 589 g/mol. The average Bonchev–Trinajstić information content (AvgIpc) is 2.91. The summed E-state index contributed by atoms with van der Waals surface area (Å²) in [6.45, 7) is 0.986. The zero-order valence-electron chi connectivity index (χ0n) is 25.6. The van der Waals surface area contributed by atoms with Crippen molar-refractivity contribution in [1.82, 2.24) is 5.32 Å². The fraction of sp³-hybridized carbons (Fsp3) is 0.971. The molecule has 0 aromatic heterocycles. The molecule has 4 heteroatoms. The quantitative estimate of drug-likeness (QED) is 0.0341. The molecule has 1 nitrogen and oxygen atoms in total. The van der Waals surface area contributed by atoms with Gasteiger partial charge in [-0.2, -0.15) is 0 Å². The van der Waals surface area contributed by atoms with Gasteiger partial charge in [-0.3, -0.25) is 0 Å². The maximum Gasteiger partial charge on any atom is 0.130 e. The molecule has 1 N–H and O–H groups in total. The summed E-state index contributed by atoms with van der Waals surface area (Å²) in [4.78, 5) is 0. The molecule has 0 spiro atoms. The fourth-order valence-electron chi connectivity index (χ4n) is 5.54. The zero-order chi connectivity index (χ0) is 27.6. The maximum absolute atomic E-state index is 5.72. The van der Waals surface area contributed by atoms with Crippen LogP contribution in [0.15, 0.2) is 0 Å². The molecule has 0 saturated heterocycles. The molecule has 0 heterocycles. The van der Waals surface area contributed by atoms with Crippen molar-refractivity contribution in [2.75, 3.05) is 12.4 Å². The number of hydrogen-bond donors (Lipinski definition) is 2. The first-order chi connectivity index (χ1) is 18.8. The van der Waals surface area contributed by atoms with Crippen LogP contribution >= 0.6 is 36.4 Å². The summed E-state index contributed by atoms with van der Waals surface area (Å²) in [6, 6.07) is 0. The van der Waals surface area contributed by atoms with Gasteiger partial charge in [0.25, 0.3) is 0 Å². The second-order valence-corrected chi connectivity index (χ2v) is 13.4. The number of unbranched alkanes of at least 4 members (excludes halogenated alkanes) is 30. The highest BCUT2D eigenvalue weighted by Gasteiger charge is 1.97. The van der Waals surface area contributed by atoms with E-state index in [9.17, 15) is 0 Å². The predicted octanol–water partition coefficient (Wildman–Crippen LogP) is 13.1. The molecule has 0 fully saturated rings. The van der Waals surface area contributed by atoms with E-state index in [1.54, 1.807) is 0 Å². The lowest BCUT2D eigenvalue weighted by atomic mass is 10.0. The molecule has 0 aliphatic heterocycles. The normalized spacial score (nSPS) is 11.3. The van der Waals surface area contributed by atoms with Gasteiger partial charge in [-0.15, -0.1) is 24.2 Å². The van der Waals surface area contributed by atoms with Crippen LogP contribution in [0.4, 0.5) is 0 Å². The van der Waals surface area contributed by atoms with E-state index in [1.165, 1.54) is 199 Å². The summed E-state index contributed by atoms with van der Waals surface area (Å²) in [7, 11) is 0. The van der Waals surface area contributed by atoms with Crippen LogP contribution in [0.5, 0.6) is 0 Å². The van der Waals surface area contributed by atoms with Crippen LogP contribution in [0.2, 0.25) is 0 Å². The molecule has 228 valence electrons. The SMILES string of the molecule is S=C(S)NCCCCCCCCCCCCCCCCCCCCCCCCCCCCCCCCCCl. The fourth-order valence-corrected chi connectivity index (χ4v) is 5.94. The van der Waals surface area contributed by atoms with E-state index in [0.717, 1.165) is 12.4 Å². The van der Waals surface area contributed by atoms with Crippen LogP contribution in [0.3, 0.4) is 0 Å². The Morgan fingerprint density at radius 3 is 0.737 bits per heavy atom. The minimum Gasteiger partial charge on any atom is -0.371 e. The van der Waals surface area contributed by atoms with Crippen molar-refractivity contribution in [2.45, 2.75) is 199 Å². The molecule has 0 radical (unpaired) electrons. The van der Waals surface area contributed by atoms with Crippen LogP contribution < -0.4 is 5.32 Å². The molecule has 0 rings (SSSR count). The number of rotatable bonds is 33. The van der Waals surface area contributed by atoms with Gasteiger partial charge in [0.2, 0.25) is 0 Å². The van der Waals surface area contributed by atoms with Gasteiger partial charge in [-0.25, -0.2) is 0 Å². The van der Waals surface area contributed by atoms with Gasteiger partial charge in [0.1, 0.15) is 4.32 Å². The zero-order valence-corrected chi connectivity index (χ0v) is 28.0. The van der Waals surface area contributed by atoms with Gasteiger partial charge in [0.05, 0.1) is 0 Å². The molecular formula is C34H68ClNS2. The summed E-state index contributed by atoms with van der Waals surface area (Å²) in [5, 5.41) is 3.11. The van der Waals surface area contributed by atoms with Crippen molar-refractivity contribution in [3.8, 4) is 0 Å². The summed E-state index contributed by atoms with van der Waals surface area (Å²) < 4.78 is 0.629. The predicted molar refractivity (Wildman–Crippen MR) is 183 cm³/mol. The molecule has 0 aromatic carbocycles. The van der Waals surface area contributed by atoms with E-state index in [1.807, 2.05) is 0 Å². The first-order valence-electron chi connectivity index (χ1n) is 17.3. The largest absolute Gasteiger partial charge is 0.371 e. The van der Waals surface area contributed by atoms with Crippen molar-refractivity contribution in [2.24, 2.45) is 0 Å². The van der Waals surface area contributed by atoms with Gasteiger partial charge in [-0.1, -0.05) is 198 Å². The third-order valence-corrected chi connectivity index (χ3v) is 8.66. The van der Waals surface area contributed by atoms with Gasteiger partial charge >= 0.3 is 0 Å². The Morgan fingerprint density at radius 2 is 0.553 bits per heavy atom. The molecule has 0 saturated carbocycles. The second kappa shape index (κ2) is 35.6. The molecule has 0 atom stereocenters. The molecule has 0 amide bonds. The van der Waals surface area contributed by atoms with E-state index in [4.69, 9.17) is 23.8 Å². The van der Waals surface area contributed by atoms with Crippen molar-refractivity contribution in [1.29, 1.82) is 0 Å². The lowest BCUT2D eigenvalue weighted by Crippen LogP contribution is -2.17. The Labute approximate surface area is 256 Å². The van der Waals surface area contributed by atoms with Gasteiger partial charge in [-0.05, 0) is 12.8 Å². The Morgan fingerprint density at radius 1 is 0.368 bits per heavy atom. The Kier molecular flexibility index (Phi) is 36.1. The van der Waals surface area contributed by atoms with Crippen LogP contribution in [-0.2, 0) is 0 Å². The van der Waals surface area contributed by atoms with Crippen molar-refractivity contribution in [3.05, 3.63) is 0 Å². The topological polar surface area (TPSA) is 12.0 Å².